The number of methoxy groups -OCH3 is 1. The smallest absolute Gasteiger partial charge is 0.184 e. The minimum atomic E-state index is -0.00759. The molecular weight excluding hydrogens is 144 g/mol. The summed E-state index contributed by atoms with van der Waals surface area (Å²) in [7, 11) is 1.42. The lowest BCUT2D eigenvalue weighted by Crippen LogP contribution is -1.87. The van der Waals surface area contributed by atoms with Crippen LogP contribution in [0.2, 0.25) is 0 Å². The quantitative estimate of drug-likeness (QED) is 0.281. The van der Waals surface area contributed by atoms with Gasteiger partial charge in [0.05, 0.1) is 13.7 Å². The second-order valence-electron chi connectivity index (χ2n) is 2.06. The lowest BCUT2D eigenvalue weighted by Gasteiger charge is -1.94. The van der Waals surface area contributed by atoms with Crippen LogP contribution in [0.1, 0.15) is 6.92 Å². The van der Waals surface area contributed by atoms with Crippen LogP contribution in [0, 0.1) is 0 Å². The molecule has 0 aliphatic heterocycles. The molecule has 0 aliphatic rings. The van der Waals surface area contributed by atoms with E-state index in [0.717, 1.165) is 5.57 Å². The highest BCUT2D eigenvalue weighted by molar-refractivity contribution is 5.70. The van der Waals surface area contributed by atoms with Gasteiger partial charge in [-0.3, -0.25) is 4.79 Å². The lowest BCUT2D eigenvalue weighted by molar-refractivity contribution is -0.107. The standard InChI is InChI=1S/C8H12O3/c1-7(5-9)3-4-8(6-10)11-2/h3-4,6,9H,5H2,1-2H3/b7-3+,8-4-. The van der Waals surface area contributed by atoms with Gasteiger partial charge in [-0.1, -0.05) is 6.08 Å². The monoisotopic (exact) mass is 156 g/mol. The van der Waals surface area contributed by atoms with E-state index in [2.05, 4.69) is 4.74 Å². The molecule has 0 aromatic carbocycles. The Morgan fingerprint density at radius 3 is 2.55 bits per heavy atom. The average Bonchev–Trinajstić information content (AvgIpc) is 2.06. The molecule has 0 aromatic heterocycles. The molecule has 0 atom stereocenters. The summed E-state index contributed by atoms with van der Waals surface area (Å²) < 4.78 is 4.66. The number of aliphatic hydroxyl groups excluding tert-OH is 1. The SMILES string of the molecule is CO/C(C=O)=C\C=C(/C)CO. The van der Waals surface area contributed by atoms with Crippen molar-refractivity contribution < 1.29 is 14.6 Å². The van der Waals surface area contributed by atoms with Crippen molar-refractivity contribution in [2.45, 2.75) is 6.92 Å². The Kier molecular flexibility index (Phi) is 5.11. The summed E-state index contributed by atoms with van der Waals surface area (Å²) >= 11 is 0. The van der Waals surface area contributed by atoms with E-state index in [9.17, 15) is 4.79 Å². The fourth-order valence-electron chi connectivity index (χ4n) is 0.433. The summed E-state index contributed by atoms with van der Waals surface area (Å²) in [6.45, 7) is 1.75. The van der Waals surface area contributed by atoms with Gasteiger partial charge < -0.3 is 9.84 Å². The first-order chi connectivity index (χ1) is 5.24. The molecule has 0 fully saturated rings. The van der Waals surface area contributed by atoms with Crippen molar-refractivity contribution in [3.05, 3.63) is 23.5 Å². The van der Waals surface area contributed by atoms with Gasteiger partial charge in [-0.15, -0.1) is 0 Å². The molecule has 3 nitrogen and oxygen atoms in total. The zero-order chi connectivity index (χ0) is 8.69. The average molecular weight is 156 g/mol. The van der Waals surface area contributed by atoms with Gasteiger partial charge in [0.15, 0.2) is 12.0 Å². The van der Waals surface area contributed by atoms with Gasteiger partial charge in [0.1, 0.15) is 0 Å². The Hall–Kier alpha value is -1.09. The molecule has 11 heavy (non-hydrogen) atoms. The van der Waals surface area contributed by atoms with Crippen LogP contribution in [0.3, 0.4) is 0 Å². The molecular formula is C8H12O3. The number of aldehydes is 1. The minimum absolute atomic E-state index is 0.00759. The Bertz CT molecular complexity index is 180. The zero-order valence-electron chi connectivity index (χ0n) is 6.70. The maximum absolute atomic E-state index is 10.2. The fourth-order valence-corrected chi connectivity index (χ4v) is 0.433. The third-order valence-electron chi connectivity index (χ3n) is 1.13. The highest BCUT2D eigenvalue weighted by Gasteiger charge is 1.88. The number of hydrogen-bond acceptors (Lipinski definition) is 3. The number of allylic oxidation sites excluding steroid dienone is 3. The summed E-state index contributed by atoms with van der Waals surface area (Å²) in [4.78, 5) is 10.2. The van der Waals surface area contributed by atoms with E-state index in [-0.39, 0.29) is 12.4 Å². The first-order valence-electron chi connectivity index (χ1n) is 3.22. The molecule has 0 saturated carbocycles. The Labute approximate surface area is 66.0 Å². The van der Waals surface area contributed by atoms with Crippen molar-refractivity contribution in [3.8, 4) is 0 Å². The van der Waals surface area contributed by atoms with Crippen molar-refractivity contribution in [2.75, 3.05) is 13.7 Å². The largest absolute Gasteiger partial charge is 0.493 e. The van der Waals surface area contributed by atoms with Crippen molar-refractivity contribution in [3.63, 3.8) is 0 Å². The van der Waals surface area contributed by atoms with E-state index in [4.69, 9.17) is 5.11 Å². The highest BCUT2D eigenvalue weighted by Crippen LogP contribution is 1.95. The predicted molar refractivity (Wildman–Crippen MR) is 42.0 cm³/mol. The molecule has 0 aromatic rings. The van der Waals surface area contributed by atoms with Crippen LogP contribution in [0.15, 0.2) is 23.5 Å². The molecule has 0 spiro atoms. The van der Waals surface area contributed by atoms with Gasteiger partial charge in [-0.2, -0.15) is 0 Å². The zero-order valence-corrected chi connectivity index (χ0v) is 6.70. The maximum Gasteiger partial charge on any atom is 0.184 e. The second kappa shape index (κ2) is 5.68. The molecule has 0 bridgehead atoms. The number of rotatable bonds is 4. The normalized spacial score (nSPS) is 13.0. The van der Waals surface area contributed by atoms with E-state index < -0.39 is 0 Å². The van der Waals surface area contributed by atoms with Crippen LogP contribution in [-0.4, -0.2) is 25.1 Å². The Morgan fingerprint density at radius 2 is 2.18 bits per heavy atom. The predicted octanol–water partition coefficient (Wildman–Crippen LogP) is 0.654. The van der Waals surface area contributed by atoms with Gasteiger partial charge >= 0.3 is 0 Å². The minimum Gasteiger partial charge on any atom is -0.493 e. The van der Waals surface area contributed by atoms with Gasteiger partial charge in [-0.05, 0) is 18.6 Å². The summed E-state index contributed by atoms with van der Waals surface area (Å²) in [6, 6.07) is 0. The first kappa shape index (κ1) is 9.91. The summed E-state index contributed by atoms with van der Waals surface area (Å²) in [5.41, 5.74) is 0.779. The number of ether oxygens (including phenoxy) is 1. The first-order valence-corrected chi connectivity index (χ1v) is 3.22. The van der Waals surface area contributed by atoms with Gasteiger partial charge in [0, 0.05) is 0 Å². The summed E-state index contributed by atoms with van der Waals surface area (Å²) in [5, 5.41) is 8.57. The molecule has 3 heteroatoms. The highest BCUT2D eigenvalue weighted by atomic mass is 16.5. The number of carbonyl (C=O) groups excluding carboxylic acids is 1. The third kappa shape index (κ3) is 4.33. The van der Waals surface area contributed by atoms with Crippen LogP contribution in [0.25, 0.3) is 0 Å². The van der Waals surface area contributed by atoms with Crippen molar-refractivity contribution in [1.29, 1.82) is 0 Å². The Morgan fingerprint density at radius 1 is 1.55 bits per heavy atom. The van der Waals surface area contributed by atoms with E-state index in [0.29, 0.717) is 6.29 Å². The number of hydrogen-bond donors (Lipinski definition) is 1. The van der Waals surface area contributed by atoms with E-state index in [1.807, 2.05) is 0 Å². The van der Waals surface area contributed by atoms with Crippen molar-refractivity contribution >= 4 is 6.29 Å². The maximum atomic E-state index is 10.2. The number of aliphatic hydroxyl groups is 1. The molecule has 0 radical (unpaired) electrons. The lowest BCUT2D eigenvalue weighted by atomic mass is 10.3. The number of carbonyl (C=O) groups is 1. The van der Waals surface area contributed by atoms with Crippen LogP contribution in [0.4, 0.5) is 0 Å². The van der Waals surface area contributed by atoms with Crippen molar-refractivity contribution in [1.82, 2.24) is 0 Å². The molecule has 0 aliphatic carbocycles. The molecule has 62 valence electrons. The van der Waals surface area contributed by atoms with Crippen LogP contribution >= 0.6 is 0 Å². The third-order valence-corrected chi connectivity index (χ3v) is 1.13. The molecule has 0 unspecified atom stereocenters. The molecule has 0 heterocycles. The summed E-state index contributed by atoms with van der Waals surface area (Å²) in [5.74, 6) is 0.248. The van der Waals surface area contributed by atoms with E-state index in [1.165, 1.54) is 13.2 Å². The molecule has 1 N–H and O–H groups in total. The fraction of sp³-hybridized carbons (Fsp3) is 0.375. The molecule has 0 amide bonds. The van der Waals surface area contributed by atoms with Crippen LogP contribution in [-0.2, 0) is 9.53 Å². The van der Waals surface area contributed by atoms with Crippen molar-refractivity contribution in [2.24, 2.45) is 0 Å². The van der Waals surface area contributed by atoms with Gasteiger partial charge in [0.25, 0.3) is 0 Å². The van der Waals surface area contributed by atoms with Crippen LogP contribution < -0.4 is 0 Å². The molecule has 0 rings (SSSR count). The van der Waals surface area contributed by atoms with Gasteiger partial charge in [-0.25, -0.2) is 0 Å². The summed E-state index contributed by atoms with van der Waals surface area (Å²) in [6.07, 6.45) is 3.76. The van der Waals surface area contributed by atoms with E-state index in [1.54, 1.807) is 13.0 Å². The molecule has 0 saturated heterocycles. The van der Waals surface area contributed by atoms with E-state index >= 15 is 0 Å². The second-order valence-corrected chi connectivity index (χ2v) is 2.06. The topological polar surface area (TPSA) is 46.5 Å². The van der Waals surface area contributed by atoms with Crippen LogP contribution in [0.5, 0.6) is 0 Å². The Balaban J connectivity index is 4.17. The van der Waals surface area contributed by atoms with Gasteiger partial charge in [0.2, 0.25) is 0 Å².